The Balaban J connectivity index is 2.44. The largest absolute Gasteiger partial charge is 0.393 e. The topological polar surface area (TPSA) is 66.0 Å². The zero-order chi connectivity index (χ0) is 13.1. The highest BCUT2D eigenvalue weighted by Gasteiger charge is 2.12. The minimum atomic E-state index is 0.408. The van der Waals surface area contributed by atoms with E-state index in [4.69, 9.17) is 34.3 Å². The van der Waals surface area contributed by atoms with E-state index in [1.54, 1.807) is 19.4 Å². The first-order valence-corrected chi connectivity index (χ1v) is 6.18. The van der Waals surface area contributed by atoms with Gasteiger partial charge in [-0.15, -0.1) is 0 Å². The molecule has 96 valence electrons. The van der Waals surface area contributed by atoms with Crippen LogP contribution in [0.25, 0.3) is 11.2 Å². The molecule has 2 aromatic heterocycles. The van der Waals surface area contributed by atoms with Crippen LogP contribution in [0.4, 0.5) is 0 Å². The molecule has 2 rings (SSSR count). The molecule has 7 heteroatoms. The second-order valence-electron chi connectivity index (χ2n) is 3.83. The van der Waals surface area contributed by atoms with Crippen LogP contribution in [0.3, 0.4) is 0 Å². The highest BCUT2D eigenvalue weighted by Crippen LogP contribution is 2.19. The average molecular weight is 285 g/mol. The number of rotatable bonds is 5. The molecule has 0 amide bonds. The van der Waals surface area contributed by atoms with Gasteiger partial charge in [-0.1, -0.05) is 23.8 Å². The van der Waals surface area contributed by atoms with Gasteiger partial charge in [0.2, 0.25) is 0 Å². The molecule has 0 aromatic carbocycles. The van der Waals surface area contributed by atoms with Crippen molar-refractivity contribution in [3.8, 4) is 0 Å². The summed E-state index contributed by atoms with van der Waals surface area (Å²) in [6.07, 6.45) is 2.20. The standard InChI is InChI=1S/C11H13ClN4OS/c1-17-6-10-15-8-4-7(12)5-14-11(8)16(10)3-2-9(13)18/h4-5H,2-3,6H2,1H3,(H2,13,18). The maximum Gasteiger partial charge on any atom is 0.160 e. The van der Waals surface area contributed by atoms with E-state index in [1.807, 2.05) is 4.57 Å². The van der Waals surface area contributed by atoms with Crippen molar-refractivity contribution in [1.82, 2.24) is 14.5 Å². The van der Waals surface area contributed by atoms with E-state index in [-0.39, 0.29) is 0 Å². The Morgan fingerprint density at radius 2 is 2.39 bits per heavy atom. The normalized spacial score (nSPS) is 11.0. The lowest BCUT2D eigenvalue weighted by Crippen LogP contribution is -2.14. The van der Waals surface area contributed by atoms with E-state index in [9.17, 15) is 0 Å². The van der Waals surface area contributed by atoms with E-state index in [1.165, 1.54) is 0 Å². The highest BCUT2D eigenvalue weighted by atomic mass is 35.5. The minimum absolute atomic E-state index is 0.408. The predicted octanol–water partition coefficient (Wildman–Crippen LogP) is 1.91. The summed E-state index contributed by atoms with van der Waals surface area (Å²) < 4.78 is 7.08. The molecule has 2 heterocycles. The van der Waals surface area contributed by atoms with Crippen LogP contribution in [0.1, 0.15) is 12.2 Å². The molecule has 0 aliphatic rings. The Morgan fingerprint density at radius 1 is 1.61 bits per heavy atom. The summed E-state index contributed by atoms with van der Waals surface area (Å²) in [6, 6.07) is 1.78. The number of ether oxygens (including phenoxy) is 1. The molecular formula is C11H13ClN4OS. The third kappa shape index (κ3) is 2.77. The van der Waals surface area contributed by atoms with E-state index in [0.29, 0.717) is 29.6 Å². The maximum atomic E-state index is 5.90. The van der Waals surface area contributed by atoms with Gasteiger partial charge in [-0.2, -0.15) is 0 Å². The summed E-state index contributed by atoms with van der Waals surface area (Å²) in [5.41, 5.74) is 7.04. The fraction of sp³-hybridized carbons (Fsp3) is 0.364. The molecule has 2 N–H and O–H groups in total. The Hall–Kier alpha value is -1.24. The van der Waals surface area contributed by atoms with E-state index < -0.39 is 0 Å². The molecule has 0 aliphatic heterocycles. The first-order chi connectivity index (χ1) is 8.61. The van der Waals surface area contributed by atoms with Crippen molar-refractivity contribution < 1.29 is 4.74 Å². The van der Waals surface area contributed by atoms with Crippen molar-refractivity contribution in [2.24, 2.45) is 5.73 Å². The second-order valence-corrected chi connectivity index (χ2v) is 4.79. The molecule has 0 spiro atoms. The van der Waals surface area contributed by atoms with E-state index in [2.05, 4.69) is 9.97 Å². The van der Waals surface area contributed by atoms with Gasteiger partial charge in [-0.25, -0.2) is 9.97 Å². The molecule has 0 aliphatic carbocycles. The Labute approximate surface area is 115 Å². The Kier molecular flexibility index (Phi) is 4.11. The summed E-state index contributed by atoms with van der Waals surface area (Å²) in [6.45, 7) is 1.05. The number of aromatic nitrogens is 3. The van der Waals surface area contributed by atoms with E-state index >= 15 is 0 Å². The third-order valence-corrected chi connectivity index (χ3v) is 2.90. The van der Waals surface area contributed by atoms with Gasteiger partial charge in [0.05, 0.1) is 10.0 Å². The number of thiocarbonyl (C=S) groups is 1. The van der Waals surface area contributed by atoms with Crippen molar-refractivity contribution in [3.63, 3.8) is 0 Å². The van der Waals surface area contributed by atoms with Crippen molar-refractivity contribution in [2.75, 3.05) is 7.11 Å². The first-order valence-electron chi connectivity index (χ1n) is 5.39. The summed E-state index contributed by atoms with van der Waals surface area (Å²) in [5, 5.41) is 0.561. The monoisotopic (exact) mass is 284 g/mol. The maximum absolute atomic E-state index is 5.90. The van der Waals surface area contributed by atoms with Crippen molar-refractivity contribution >= 4 is 40.0 Å². The molecule has 0 atom stereocenters. The van der Waals surface area contributed by atoms with Gasteiger partial charge in [0.1, 0.15) is 17.9 Å². The van der Waals surface area contributed by atoms with Gasteiger partial charge < -0.3 is 15.0 Å². The van der Waals surface area contributed by atoms with Crippen LogP contribution in [0.5, 0.6) is 0 Å². The van der Waals surface area contributed by atoms with Crippen molar-refractivity contribution in [1.29, 1.82) is 0 Å². The summed E-state index contributed by atoms with van der Waals surface area (Å²) in [7, 11) is 1.62. The number of hydrogen-bond donors (Lipinski definition) is 1. The number of imidazole rings is 1. The zero-order valence-corrected chi connectivity index (χ0v) is 11.5. The third-order valence-electron chi connectivity index (χ3n) is 2.49. The number of pyridine rings is 1. The lowest BCUT2D eigenvalue weighted by Gasteiger charge is -2.07. The fourth-order valence-electron chi connectivity index (χ4n) is 1.73. The number of nitrogens with zero attached hydrogens (tertiary/aromatic N) is 3. The molecule has 0 saturated carbocycles. The number of methoxy groups -OCH3 is 1. The molecule has 0 radical (unpaired) electrons. The second kappa shape index (κ2) is 5.60. The van der Waals surface area contributed by atoms with Crippen LogP contribution < -0.4 is 5.73 Å². The molecular weight excluding hydrogens is 272 g/mol. The van der Waals surface area contributed by atoms with Crippen LogP contribution >= 0.6 is 23.8 Å². The lowest BCUT2D eigenvalue weighted by atomic mass is 10.4. The molecule has 18 heavy (non-hydrogen) atoms. The zero-order valence-electron chi connectivity index (χ0n) is 9.89. The predicted molar refractivity (Wildman–Crippen MR) is 74.7 cm³/mol. The molecule has 0 unspecified atom stereocenters. The minimum Gasteiger partial charge on any atom is -0.393 e. The molecule has 0 fully saturated rings. The van der Waals surface area contributed by atoms with Gasteiger partial charge >= 0.3 is 0 Å². The Morgan fingerprint density at radius 3 is 3.06 bits per heavy atom. The van der Waals surface area contributed by atoms with Gasteiger partial charge in [-0.05, 0) is 6.07 Å². The summed E-state index contributed by atoms with van der Waals surface area (Å²) in [4.78, 5) is 9.21. The van der Waals surface area contributed by atoms with Crippen LogP contribution in [-0.4, -0.2) is 26.6 Å². The van der Waals surface area contributed by atoms with Crippen molar-refractivity contribution in [2.45, 2.75) is 19.6 Å². The highest BCUT2D eigenvalue weighted by molar-refractivity contribution is 7.80. The van der Waals surface area contributed by atoms with Crippen molar-refractivity contribution in [3.05, 3.63) is 23.1 Å². The smallest absolute Gasteiger partial charge is 0.160 e. The molecule has 2 aromatic rings. The molecule has 0 bridgehead atoms. The SMILES string of the molecule is COCc1nc2cc(Cl)cnc2n1CCC(N)=S. The number of nitrogens with two attached hydrogens (primary N) is 1. The van der Waals surface area contributed by atoms with Gasteiger partial charge in [0.25, 0.3) is 0 Å². The summed E-state index contributed by atoms with van der Waals surface area (Å²) >= 11 is 10.8. The number of hydrogen-bond acceptors (Lipinski definition) is 4. The van der Waals surface area contributed by atoms with Gasteiger partial charge in [0, 0.05) is 26.3 Å². The molecule has 5 nitrogen and oxygen atoms in total. The van der Waals surface area contributed by atoms with Gasteiger partial charge in [-0.3, -0.25) is 0 Å². The Bertz CT molecular complexity index is 584. The van der Waals surface area contributed by atoms with E-state index in [0.717, 1.165) is 17.0 Å². The average Bonchev–Trinajstić information content (AvgIpc) is 2.63. The van der Waals surface area contributed by atoms with Crippen LogP contribution in [0, 0.1) is 0 Å². The van der Waals surface area contributed by atoms with Crippen LogP contribution in [0.15, 0.2) is 12.3 Å². The number of aryl methyl sites for hydroxylation is 1. The quantitative estimate of drug-likeness (QED) is 0.850. The number of halogens is 1. The molecule has 0 saturated heterocycles. The van der Waals surface area contributed by atoms with Crippen LogP contribution in [-0.2, 0) is 17.9 Å². The fourth-order valence-corrected chi connectivity index (χ4v) is 1.97. The van der Waals surface area contributed by atoms with Gasteiger partial charge in [0.15, 0.2) is 5.65 Å². The lowest BCUT2D eigenvalue weighted by molar-refractivity contribution is 0.174. The first kappa shape index (κ1) is 13.2. The van der Waals surface area contributed by atoms with Crippen LogP contribution in [0.2, 0.25) is 5.02 Å². The summed E-state index contributed by atoms with van der Waals surface area (Å²) in [5.74, 6) is 0.790. The number of fused-ring (bicyclic) bond motifs is 1.